The number of hydrogen-bond acceptors (Lipinski definition) is 31. The van der Waals surface area contributed by atoms with Crippen LogP contribution in [-0.4, -0.2) is 254 Å². The summed E-state index contributed by atoms with van der Waals surface area (Å²) in [6.07, 6.45) is 0. The molecule has 8 aromatic rings. The van der Waals surface area contributed by atoms with E-state index in [0.717, 1.165) is 78.5 Å². The summed E-state index contributed by atoms with van der Waals surface area (Å²) in [7, 11) is -9.98. The third-order valence-electron chi connectivity index (χ3n) is 17.5. The lowest BCUT2D eigenvalue weighted by Crippen LogP contribution is -2.49. The normalized spacial score (nSPS) is 16.9. The van der Waals surface area contributed by atoms with Crippen molar-refractivity contribution in [2.75, 3.05) is 187 Å². The fourth-order valence-electron chi connectivity index (χ4n) is 12.2. The van der Waals surface area contributed by atoms with Crippen molar-refractivity contribution in [2.24, 2.45) is 48.4 Å². The predicted molar refractivity (Wildman–Crippen MR) is 378 cm³/mol. The minimum atomic E-state index is -4.99. The van der Waals surface area contributed by atoms with Gasteiger partial charge in [0.05, 0.1) is 17.1 Å². The van der Waals surface area contributed by atoms with Gasteiger partial charge in [0.15, 0.2) is 11.5 Å². The summed E-state index contributed by atoms with van der Waals surface area (Å²) in [4.78, 5) is 49.5. The first-order valence-electron chi connectivity index (χ1n) is 32.4. The molecule has 4 saturated heterocycles. The van der Waals surface area contributed by atoms with Gasteiger partial charge in [-0.3, -0.25) is 28.7 Å². The van der Waals surface area contributed by atoms with Crippen molar-refractivity contribution in [3.05, 3.63) is 103 Å². The highest BCUT2D eigenvalue weighted by molar-refractivity contribution is 7.86. The number of aromatic nitrogens is 6. The van der Waals surface area contributed by atoms with Crippen LogP contribution in [0.25, 0.3) is 21.5 Å². The van der Waals surface area contributed by atoms with E-state index in [0.29, 0.717) is 114 Å². The Labute approximate surface area is 570 Å². The Morgan fingerprint density at radius 3 is 1.04 bits per heavy atom. The molecule has 0 atom stereocenters. The number of rotatable bonds is 24. The summed E-state index contributed by atoms with van der Waals surface area (Å²) in [6, 6.07) is 23.8. The van der Waals surface area contributed by atoms with Crippen LogP contribution in [0.5, 0.6) is 11.5 Å². The molecule has 2 aromatic heterocycles. The molecule has 6 heterocycles. The fraction of sp³-hybridized carbons (Fsp3) is 0.381. The summed E-state index contributed by atoms with van der Waals surface area (Å²) >= 11 is 0. The standard InChI is InChI=1S/C63H79N25O9S2/c64-13-17-81-21-29-85(30-22-81)60-71-58(72-61(75-60)86-31-23-82(18-14-65)24-32-86)69-47-9-11-49-42(37-47)39-51(98(92,93)94)53(55(49)89)79-77-45-3-1-41(2-4-45)57(91)68-44-5-7-46(8-6-44)78-80-54-52(99(95,96)97)40-43-38-48(10-12-50(43)56(54)90)70-59-73-62(87-33-25-83(19-15-66)26-34-87)76-63(74-59)88-35-27-84(20-16-67)28-36-88/h1-12,37-40,89-90H,13-36,64-67H2,(H,68,91)(H,92,93,94)(H,95,96,97)(H,69,71,72,75)(H,70,73,74,76). The lowest BCUT2D eigenvalue weighted by Gasteiger charge is -2.36. The minimum absolute atomic E-state index is 0.177. The Morgan fingerprint density at radius 1 is 0.414 bits per heavy atom. The maximum Gasteiger partial charge on any atom is 0.296 e. The highest BCUT2D eigenvalue weighted by Crippen LogP contribution is 2.44. The maximum atomic E-state index is 12.9. The summed E-state index contributed by atoms with van der Waals surface area (Å²) in [5, 5.41) is 58.0. The van der Waals surface area contributed by atoms with Crippen molar-refractivity contribution in [3.8, 4) is 11.5 Å². The van der Waals surface area contributed by atoms with Gasteiger partial charge in [-0.05, 0) is 108 Å². The molecule has 4 fully saturated rings. The zero-order valence-corrected chi connectivity index (χ0v) is 55.8. The van der Waals surface area contributed by atoms with E-state index in [-0.39, 0.29) is 56.1 Å². The summed E-state index contributed by atoms with van der Waals surface area (Å²) in [6.45, 7) is 17.2. The number of anilines is 8. The SMILES string of the molecule is NCCN1CCN(c2nc(Nc3ccc4c(O)c(N=Nc5ccc(N=C(O)c6ccc(N=Nc7c(S(=O)(=O)O)cc8cc(Nc9nc(N%10CCN(CCN)CC%10)nc(N%10CCN(CCN)CC%10)n9)ccc8c7O)cc6)cc5)c(S(=O)(=O)O)cc4c3)nc(N3CCN(CCN)CC3)n2)CC1. The van der Waals surface area contributed by atoms with E-state index >= 15 is 0 Å². The second kappa shape index (κ2) is 30.7. The van der Waals surface area contributed by atoms with Crippen LogP contribution >= 0.6 is 0 Å². The molecular formula is C63H79N25O9S2. The summed E-state index contributed by atoms with van der Waals surface area (Å²) in [5.74, 6) is 0.960. The Balaban J connectivity index is 0.720. The van der Waals surface area contributed by atoms with Gasteiger partial charge in [-0.2, -0.15) is 57.0 Å². The van der Waals surface area contributed by atoms with Gasteiger partial charge in [0.25, 0.3) is 20.2 Å². The monoisotopic (exact) mass is 1390 g/mol. The molecule has 15 N–H and O–H groups in total. The average molecular weight is 1390 g/mol. The molecule has 0 aliphatic carbocycles. The van der Waals surface area contributed by atoms with Gasteiger partial charge in [0.1, 0.15) is 21.2 Å². The lowest BCUT2D eigenvalue weighted by atomic mass is 10.1. The van der Waals surface area contributed by atoms with E-state index in [1.807, 2.05) is 0 Å². The molecule has 0 bridgehead atoms. The van der Waals surface area contributed by atoms with Gasteiger partial charge in [-0.25, -0.2) is 4.99 Å². The highest BCUT2D eigenvalue weighted by atomic mass is 32.2. The first-order chi connectivity index (χ1) is 47.8. The number of phenolic OH excluding ortho intramolecular Hbond substituents is 2. The van der Waals surface area contributed by atoms with Crippen LogP contribution in [0.4, 0.5) is 75.5 Å². The van der Waals surface area contributed by atoms with Crippen LogP contribution in [0, 0.1) is 0 Å². The lowest BCUT2D eigenvalue weighted by molar-refractivity contribution is 0.262. The molecule has 34 nitrogen and oxygen atoms in total. The van der Waals surface area contributed by atoms with Crippen LogP contribution in [0.15, 0.2) is 132 Å². The van der Waals surface area contributed by atoms with Gasteiger partial charge in [-0.15, -0.1) is 10.2 Å². The summed E-state index contributed by atoms with van der Waals surface area (Å²) in [5.41, 5.74) is 24.1. The van der Waals surface area contributed by atoms with Gasteiger partial charge in [0.2, 0.25) is 41.6 Å². The number of benzene rings is 6. The molecule has 0 radical (unpaired) electrons. The van der Waals surface area contributed by atoms with E-state index in [4.69, 9.17) is 52.8 Å². The molecule has 0 saturated carbocycles. The van der Waals surface area contributed by atoms with Crippen molar-refractivity contribution in [1.82, 2.24) is 49.5 Å². The molecule has 12 rings (SSSR count). The molecule has 0 spiro atoms. The molecule has 0 unspecified atom stereocenters. The maximum absolute atomic E-state index is 12.9. The van der Waals surface area contributed by atoms with Gasteiger partial charge in [0, 0.05) is 185 Å². The Hall–Kier alpha value is -9.57. The van der Waals surface area contributed by atoms with Crippen LogP contribution < -0.4 is 53.2 Å². The molecule has 0 amide bonds. The van der Waals surface area contributed by atoms with Crippen molar-refractivity contribution in [1.29, 1.82) is 0 Å². The number of nitrogens with zero attached hydrogens (tertiary/aromatic N) is 19. The van der Waals surface area contributed by atoms with Crippen LogP contribution in [0.2, 0.25) is 0 Å². The first-order valence-corrected chi connectivity index (χ1v) is 35.3. The van der Waals surface area contributed by atoms with Crippen molar-refractivity contribution in [3.63, 3.8) is 0 Å². The van der Waals surface area contributed by atoms with Crippen molar-refractivity contribution < 1.29 is 41.3 Å². The molecule has 36 heteroatoms. The van der Waals surface area contributed by atoms with Crippen molar-refractivity contribution in [2.45, 2.75) is 9.79 Å². The number of nitrogens with one attached hydrogen (secondary N) is 2. The number of fused-ring (bicyclic) bond motifs is 2. The zero-order valence-electron chi connectivity index (χ0n) is 54.2. The van der Waals surface area contributed by atoms with E-state index < -0.39 is 58.8 Å². The second-order valence-corrected chi connectivity index (χ2v) is 26.9. The number of aliphatic hydroxyl groups excluding tert-OH is 1. The number of aromatic hydroxyl groups is 2. The largest absolute Gasteiger partial charge is 0.505 e. The molecule has 522 valence electrons. The number of aliphatic imine (C=N–C) groups is 1. The first kappa shape index (κ1) is 69.3. The molecular weight excluding hydrogens is 1310 g/mol. The van der Waals surface area contributed by atoms with E-state index in [9.17, 15) is 41.3 Å². The van der Waals surface area contributed by atoms with Crippen LogP contribution in [0.3, 0.4) is 0 Å². The number of phenols is 2. The van der Waals surface area contributed by atoms with Gasteiger partial charge < -0.3 is 68.5 Å². The van der Waals surface area contributed by atoms with Crippen LogP contribution in [0.1, 0.15) is 5.56 Å². The minimum Gasteiger partial charge on any atom is -0.505 e. The third-order valence-corrected chi connectivity index (χ3v) is 19.3. The summed E-state index contributed by atoms with van der Waals surface area (Å²) < 4.78 is 72.6. The van der Waals surface area contributed by atoms with E-state index in [2.05, 4.69) is 75.3 Å². The number of piperazine rings is 4. The number of aliphatic hydroxyl groups is 1. The third kappa shape index (κ3) is 16.8. The molecule has 6 aromatic carbocycles. The van der Waals surface area contributed by atoms with Crippen molar-refractivity contribution >= 4 is 123 Å². The predicted octanol–water partition coefficient (Wildman–Crippen LogP) is 4.54. The van der Waals surface area contributed by atoms with E-state index in [1.54, 1.807) is 36.4 Å². The zero-order chi connectivity index (χ0) is 69.4. The van der Waals surface area contributed by atoms with Gasteiger partial charge in [-0.1, -0.05) is 0 Å². The fourth-order valence-corrected chi connectivity index (χ4v) is 13.5. The average Bonchev–Trinajstić information content (AvgIpc) is 0.748. The topological polar surface area (TPSA) is 463 Å². The van der Waals surface area contributed by atoms with Gasteiger partial charge >= 0.3 is 0 Å². The number of azo groups is 2. The molecule has 4 aliphatic rings. The smallest absolute Gasteiger partial charge is 0.296 e. The quantitative estimate of drug-likeness (QED) is 0.0171. The Morgan fingerprint density at radius 2 is 0.727 bits per heavy atom. The molecule has 4 aliphatic heterocycles. The molecule has 99 heavy (non-hydrogen) atoms. The number of hydrogen-bond donors (Lipinski definition) is 11. The highest BCUT2D eigenvalue weighted by Gasteiger charge is 2.29. The Kier molecular flexibility index (Phi) is 21.5. The second-order valence-electron chi connectivity index (χ2n) is 24.1. The Bertz CT molecular complexity index is 4440. The number of nitrogens with two attached hydrogens (primary N) is 4. The van der Waals surface area contributed by atoms with Crippen LogP contribution in [-0.2, 0) is 20.2 Å². The van der Waals surface area contributed by atoms with E-state index in [1.165, 1.54) is 60.7 Å².